The van der Waals surface area contributed by atoms with Gasteiger partial charge in [-0.25, -0.2) is 0 Å². The molecule has 1 unspecified atom stereocenters. The number of benzene rings is 3. The number of alkyl halides is 3. The van der Waals surface area contributed by atoms with E-state index in [2.05, 4.69) is 0 Å². The van der Waals surface area contributed by atoms with Crippen molar-refractivity contribution in [2.45, 2.75) is 11.1 Å². The average molecular weight is 338 g/mol. The molecule has 0 saturated heterocycles. The van der Waals surface area contributed by atoms with Gasteiger partial charge < -0.3 is 4.74 Å². The molecule has 0 fully saturated rings. The van der Waals surface area contributed by atoms with Crippen molar-refractivity contribution in [2.75, 3.05) is 12.9 Å². The van der Waals surface area contributed by atoms with E-state index in [0.29, 0.717) is 10.3 Å². The topological polar surface area (TPSA) is 26.3 Å². The minimum atomic E-state index is -4.43. The van der Waals surface area contributed by atoms with Crippen LogP contribution in [0.5, 0.6) is 5.75 Å². The van der Waals surface area contributed by atoms with Gasteiger partial charge in [-0.1, -0.05) is 36.4 Å². The molecule has 0 amide bonds. The fourth-order valence-corrected chi connectivity index (χ4v) is 3.39. The van der Waals surface area contributed by atoms with Crippen LogP contribution in [0, 0.1) is 0 Å². The zero-order valence-corrected chi connectivity index (χ0v) is 13.0. The summed E-state index contributed by atoms with van der Waals surface area (Å²) in [4.78, 5) is 0.469. The number of hydrogen-bond donors (Lipinski definition) is 0. The Morgan fingerprint density at radius 2 is 1.74 bits per heavy atom. The van der Waals surface area contributed by atoms with Crippen molar-refractivity contribution in [3.63, 3.8) is 0 Å². The molecule has 3 rings (SSSR count). The van der Waals surface area contributed by atoms with Crippen molar-refractivity contribution in [2.24, 2.45) is 0 Å². The minimum absolute atomic E-state index is 0.0933. The fraction of sp³-hybridized carbons (Fsp3) is 0.176. The molecule has 0 aliphatic heterocycles. The van der Waals surface area contributed by atoms with E-state index in [-0.39, 0.29) is 5.75 Å². The summed E-state index contributed by atoms with van der Waals surface area (Å²) in [7, 11) is -1.36. The summed E-state index contributed by atoms with van der Waals surface area (Å²) in [5, 5.41) is 2.97. The standard InChI is InChI=1S/C17H13F3O2S/c1-23(21)15-9-11-5-2-3-6-12(11)13-7-4-8-14(16(13)15)22-10-17(18,19)20/h2-9H,10H2,1H3. The highest BCUT2D eigenvalue weighted by Crippen LogP contribution is 2.36. The minimum Gasteiger partial charge on any atom is -0.483 e. The van der Waals surface area contributed by atoms with E-state index in [1.165, 1.54) is 12.3 Å². The maximum absolute atomic E-state index is 12.5. The average Bonchev–Trinajstić information content (AvgIpc) is 2.51. The van der Waals surface area contributed by atoms with Gasteiger partial charge in [-0.3, -0.25) is 4.21 Å². The molecule has 0 spiro atoms. The second kappa shape index (κ2) is 5.85. The van der Waals surface area contributed by atoms with Crippen LogP contribution in [0.4, 0.5) is 13.2 Å². The third-order valence-electron chi connectivity index (χ3n) is 3.51. The molecule has 0 radical (unpaired) electrons. The lowest BCUT2D eigenvalue weighted by atomic mass is 10.0. The summed E-state index contributed by atoms with van der Waals surface area (Å²) >= 11 is 0. The van der Waals surface area contributed by atoms with Crippen molar-refractivity contribution < 1.29 is 22.1 Å². The van der Waals surface area contributed by atoms with E-state index in [0.717, 1.165) is 16.2 Å². The fourth-order valence-electron chi connectivity index (χ4n) is 2.60. The molecule has 0 N–H and O–H groups in total. The van der Waals surface area contributed by atoms with Gasteiger partial charge >= 0.3 is 6.18 Å². The van der Waals surface area contributed by atoms with Crippen LogP contribution in [0.3, 0.4) is 0 Å². The maximum atomic E-state index is 12.5. The Kier molecular flexibility index (Phi) is 4.02. The Hall–Kier alpha value is -2.08. The lowest BCUT2D eigenvalue weighted by Crippen LogP contribution is -2.19. The van der Waals surface area contributed by atoms with Crippen LogP contribution in [0.1, 0.15) is 0 Å². The molecule has 0 aliphatic rings. The molecule has 0 aliphatic carbocycles. The van der Waals surface area contributed by atoms with Crippen molar-refractivity contribution >= 4 is 32.3 Å². The van der Waals surface area contributed by atoms with E-state index >= 15 is 0 Å². The van der Waals surface area contributed by atoms with Gasteiger partial charge in [-0.2, -0.15) is 13.2 Å². The molecule has 0 heterocycles. The molecule has 3 aromatic carbocycles. The van der Waals surface area contributed by atoms with E-state index < -0.39 is 23.6 Å². The maximum Gasteiger partial charge on any atom is 0.422 e. The molecule has 0 saturated carbocycles. The lowest BCUT2D eigenvalue weighted by molar-refractivity contribution is -0.153. The highest BCUT2D eigenvalue weighted by molar-refractivity contribution is 7.84. The molecule has 120 valence electrons. The Balaban J connectivity index is 2.30. The monoisotopic (exact) mass is 338 g/mol. The molecule has 6 heteroatoms. The Bertz CT molecular complexity index is 903. The highest BCUT2D eigenvalue weighted by Gasteiger charge is 2.29. The van der Waals surface area contributed by atoms with Crippen LogP contribution in [-0.2, 0) is 10.8 Å². The van der Waals surface area contributed by atoms with Crippen molar-refractivity contribution in [3.8, 4) is 5.75 Å². The first kappa shape index (κ1) is 15.8. The van der Waals surface area contributed by atoms with Crippen LogP contribution in [0.25, 0.3) is 21.5 Å². The Labute approximate surface area is 133 Å². The van der Waals surface area contributed by atoms with E-state index in [4.69, 9.17) is 4.74 Å². The van der Waals surface area contributed by atoms with Crippen LogP contribution in [0.2, 0.25) is 0 Å². The normalized spacial score (nSPS) is 13.4. The van der Waals surface area contributed by atoms with Crippen molar-refractivity contribution in [1.82, 2.24) is 0 Å². The van der Waals surface area contributed by atoms with Gasteiger partial charge in [0, 0.05) is 11.6 Å². The molecule has 0 aromatic heterocycles. The van der Waals surface area contributed by atoms with Crippen LogP contribution in [0.15, 0.2) is 53.4 Å². The van der Waals surface area contributed by atoms with Crippen molar-refractivity contribution in [1.29, 1.82) is 0 Å². The Morgan fingerprint density at radius 1 is 1.04 bits per heavy atom. The second-order valence-corrected chi connectivity index (χ2v) is 6.48. The van der Waals surface area contributed by atoms with E-state index in [1.807, 2.05) is 24.3 Å². The number of rotatable bonds is 3. The predicted octanol–water partition coefficient (Wildman–Crippen LogP) is 4.67. The Morgan fingerprint density at radius 3 is 2.43 bits per heavy atom. The first-order chi connectivity index (χ1) is 10.9. The molecule has 2 nitrogen and oxygen atoms in total. The summed E-state index contributed by atoms with van der Waals surface area (Å²) in [6.45, 7) is -1.38. The summed E-state index contributed by atoms with van der Waals surface area (Å²) in [5.41, 5.74) is 0. The van der Waals surface area contributed by atoms with Crippen LogP contribution < -0.4 is 4.74 Å². The van der Waals surface area contributed by atoms with Crippen LogP contribution in [-0.4, -0.2) is 23.2 Å². The lowest BCUT2D eigenvalue weighted by Gasteiger charge is -2.15. The third kappa shape index (κ3) is 3.17. The first-order valence-electron chi connectivity index (χ1n) is 6.84. The SMILES string of the molecule is CS(=O)c1cc2ccccc2c2cccc(OCC(F)(F)F)c12. The summed E-state index contributed by atoms with van der Waals surface area (Å²) < 4.78 is 54.5. The smallest absolute Gasteiger partial charge is 0.422 e. The highest BCUT2D eigenvalue weighted by atomic mass is 32.2. The molecule has 3 aromatic rings. The first-order valence-corrected chi connectivity index (χ1v) is 8.40. The summed E-state index contributed by atoms with van der Waals surface area (Å²) in [5.74, 6) is 0.0933. The molecule has 0 bridgehead atoms. The summed E-state index contributed by atoms with van der Waals surface area (Å²) in [6, 6.07) is 14.1. The quantitative estimate of drug-likeness (QED) is 0.649. The molecular weight excluding hydrogens is 325 g/mol. The van der Waals surface area contributed by atoms with Crippen molar-refractivity contribution in [3.05, 3.63) is 48.5 Å². The third-order valence-corrected chi connectivity index (χ3v) is 4.45. The number of ether oxygens (including phenoxy) is 1. The number of hydrogen-bond acceptors (Lipinski definition) is 2. The van der Waals surface area contributed by atoms with Gasteiger partial charge in [0.2, 0.25) is 0 Å². The second-order valence-electron chi connectivity index (χ2n) is 5.13. The largest absolute Gasteiger partial charge is 0.483 e. The van der Waals surface area contributed by atoms with Gasteiger partial charge in [0.05, 0.1) is 15.7 Å². The summed E-state index contributed by atoms with van der Waals surface area (Å²) in [6.07, 6.45) is -2.92. The zero-order valence-electron chi connectivity index (χ0n) is 12.2. The predicted molar refractivity (Wildman–Crippen MR) is 85.3 cm³/mol. The molecule has 1 atom stereocenters. The van der Waals surface area contributed by atoms with Gasteiger partial charge in [-0.15, -0.1) is 0 Å². The number of halogens is 3. The molecule has 23 heavy (non-hydrogen) atoms. The zero-order chi connectivity index (χ0) is 16.6. The van der Waals surface area contributed by atoms with Gasteiger partial charge in [-0.05, 0) is 28.3 Å². The van der Waals surface area contributed by atoms with Gasteiger partial charge in [0.1, 0.15) is 5.75 Å². The van der Waals surface area contributed by atoms with Crippen LogP contribution >= 0.6 is 0 Å². The van der Waals surface area contributed by atoms with Gasteiger partial charge in [0.15, 0.2) is 6.61 Å². The molecular formula is C17H13F3O2S. The van der Waals surface area contributed by atoms with Gasteiger partial charge in [0.25, 0.3) is 0 Å². The van der Waals surface area contributed by atoms with E-state index in [1.54, 1.807) is 18.2 Å². The van der Waals surface area contributed by atoms with E-state index in [9.17, 15) is 17.4 Å². The number of fused-ring (bicyclic) bond motifs is 3.